The first-order valence-electron chi connectivity index (χ1n) is 13.2. The minimum absolute atomic E-state index is 0.0484. The number of aromatic amines is 1. The molecule has 0 spiro atoms. The Balaban J connectivity index is 1.13. The maximum Gasteiger partial charge on any atom is 0.472 e. The Labute approximate surface area is 241 Å². The van der Waals surface area contributed by atoms with Gasteiger partial charge >= 0.3 is 7.82 Å². The third-order valence-corrected chi connectivity index (χ3v) is 8.39. The number of ether oxygens (including phenoxy) is 2. The molecule has 0 saturated carbocycles. The van der Waals surface area contributed by atoms with E-state index in [4.69, 9.17) is 30.0 Å². The third-order valence-electron chi connectivity index (χ3n) is 7.37. The standard InChI is InChI=1S/C21H27BN11O9P/c23-5-22-33-8-32(19-16(33)20(36)30-21(25)29-19)14-2-10(11(3-34)40-14)42-43(37,38)39-4-12-9(35)1-13(41-12)31-7-28-15-17(24)26-6-27-18(15)31/h6-14,34-35H,1-4,22H2,(H,37,38)(H2,24,26,27)(H3,25,29,30,36). The summed E-state index contributed by atoms with van der Waals surface area (Å²) in [5.74, 6) is 2.10. The molecule has 4 aromatic rings. The third kappa shape index (κ3) is 5.46. The molecule has 228 valence electrons. The number of nitrogens with zero attached hydrogens (tertiary/aromatic N) is 8. The molecule has 7 atom stereocenters. The maximum atomic E-state index is 12.9. The van der Waals surface area contributed by atoms with E-state index < -0.39 is 70.9 Å². The number of fused-ring (bicyclic) bond motifs is 2. The molecule has 7 unspecified atom stereocenters. The maximum absolute atomic E-state index is 12.9. The lowest BCUT2D eigenvalue weighted by Gasteiger charge is -2.21. The number of H-pyrrole nitrogens is 1. The van der Waals surface area contributed by atoms with Crippen LogP contribution in [0.4, 0.5) is 11.8 Å². The molecule has 2 fully saturated rings. The summed E-state index contributed by atoms with van der Waals surface area (Å²) >= 11 is 0. The van der Waals surface area contributed by atoms with Crippen molar-refractivity contribution < 1.29 is 42.7 Å². The molecule has 6 rings (SSSR count). The molecule has 0 aliphatic carbocycles. The predicted octanol–water partition coefficient (Wildman–Crippen LogP) is -3.14. The van der Waals surface area contributed by atoms with Crippen molar-refractivity contribution in [1.29, 1.82) is 5.26 Å². The second-order valence-electron chi connectivity index (χ2n) is 10.2. The van der Waals surface area contributed by atoms with E-state index >= 15 is 0 Å². The van der Waals surface area contributed by atoms with Gasteiger partial charge in [-0.2, -0.15) is 9.55 Å². The van der Waals surface area contributed by atoms with Gasteiger partial charge in [0.25, 0.3) is 18.6 Å². The van der Waals surface area contributed by atoms with Crippen molar-refractivity contribution in [3.8, 4) is 5.97 Å². The Morgan fingerprint density at radius 3 is 2.74 bits per heavy atom. The molecule has 43 heavy (non-hydrogen) atoms. The summed E-state index contributed by atoms with van der Waals surface area (Å²) in [5.41, 5.74) is 12.0. The van der Waals surface area contributed by atoms with E-state index in [1.807, 2.05) is 0 Å². The molecule has 6 heterocycles. The normalized spacial score (nSPS) is 27.1. The van der Waals surface area contributed by atoms with Crippen LogP contribution in [0.25, 0.3) is 22.3 Å². The largest absolute Gasteiger partial charge is 0.472 e. The van der Waals surface area contributed by atoms with Gasteiger partial charge < -0.3 is 40.5 Å². The Kier molecular flexibility index (Phi) is 7.61. The fourth-order valence-electron chi connectivity index (χ4n) is 5.39. The zero-order chi connectivity index (χ0) is 30.5. The van der Waals surface area contributed by atoms with Crippen molar-refractivity contribution in [1.82, 2.24) is 34.1 Å². The van der Waals surface area contributed by atoms with Crippen LogP contribution in [0.15, 0.2) is 23.8 Å². The van der Waals surface area contributed by atoms with Crippen LogP contribution < -0.4 is 21.5 Å². The number of rotatable bonds is 9. The number of hydrogen-bond donors (Lipinski definition) is 6. The summed E-state index contributed by atoms with van der Waals surface area (Å²) in [5, 5.41) is 29.7. The van der Waals surface area contributed by atoms with Gasteiger partial charge in [-0.15, -0.1) is 5.97 Å². The second-order valence-corrected chi connectivity index (χ2v) is 11.6. The van der Waals surface area contributed by atoms with Gasteiger partial charge in [0.05, 0.1) is 25.6 Å². The van der Waals surface area contributed by atoms with Crippen LogP contribution in [0.2, 0.25) is 0 Å². The number of phosphoric ester groups is 1. The highest BCUT2D eigenvalue weighted by molar-refractivity contribution is 7.47. The van der Waals surface area contributed by atoms with Crippen LogP contribution in [0.5, 0.6) is 0 Å². The first-order valence-corrected chi connectivity index (χ1v) is 14.7. The van der Waals surface area contributed by atoms with Gasteiger partial charge in [0.1, 0.15) is 36.4 Å². The van der Waals surface area contributed by atoms with Crippen LogP contribution in [-0.2, 0) is 23.1 Å². The fourth-order valence-corrected chi connectivity index (χ4v) is 6.35. The average Bonchev–Trinajstić information content (AvgIpc) is 3.72. The highest BCUT2D eigenvalue weighted by Gasteiger charge is 2.45. The lowest BCUT2D eigenvalue weighted by atomic mass is 9.98. The van der Waals surface area contributed by atoms with E-state index in [2.05, 4.69) is 30.9 Å². The van der Waals surface area contributed by atoms with E-state index in [-0.39, 0.29) is 35.8 Å². The number of aliphatic hydroxyl groups excluding tert-OH is 2. The molecule has 4 aromatic heterocycles. The van der Waals surface area contributed by atoms with Crippen molar-refractivity contribution in [2.24, 2.45) is 0 Å². The van der Waals surface area contributed by atoms with Crippen molar-refractivity contribution in [3.63, 3.8) is 0 Å². The average molecular weight is 619 g/mol. The molecule has 0 aromatic carbocycles. The van der Waals surface area contributed by atoms with Crippen molar-refractivity contribution in [2.75, 3.05) is 24.7 Å². The number of nitrogens with one attached hydrogen (secondary N) is 1. The Morgan fingerprint density at radius 1 is 1.21 bits per heavy atom. The Bertz CT molecular complexity index is 1830. The summed E-state index contributed by atoms with van der Waals surface area (Å²) in [6.07, 6.45) is -1.56. The summed E-state index contributed by atoms with van der Waals surface area (Å²) in [6.45, 7) is -1.07. The number of hydrogen-bond acceptors (Lipinski definition) is 15. The van der Waals surface area contributed by atoms with E-state index in [0.717, 1.165) is 0 Å². The molecule has 0 bridgehead atoms. The quantitative estimate of drug-likeness (QED) is 0.0797. The van der Waals surface area contributed by atoms with Gasteiger partial charge in [0.15, 0.2) is 11.5 Å². The molecule has 8 N–H and O–H groups in total. The summed E-state index contributed by atoms with van der Waals surface area (Å²) in [4.78, 5) is 41.8. The van der Waals surface area contributed by atoms with Crippen LogP contribution >= 0.6 is 7.82 Å². The molecular formula is C21H27BN11O9P. The number of nitrogen functional groups attached to an aromatic ring is 2. The number of aromatic nitrogens is 8. The van der Waals surface area contributed by atoms with E-state index in [9.17, 15) is 29.7 Å². The van der Waals surface area contributed by atoms with Crippen molar-refractivity contribution in [2.45, 2.75) is 49.7 Å². The number of phosphoric acid groups is 1. The monoisotopic (exact) mass is 619 g/mol. The molecule has 0 radical (unpaired) electrons. The van der Waals surface area contributed by atoms with Gasteiger partial charge in [-0.3, -0.25) is 23.4 Å². The van der Waals surface area contributed by atoms with E-state index in [1.165, 1.54) is 28.0 Å². The van der Waals surface area contributed by atoms with E-state index in [0.29, 0.717) is 11.2 Å². The van der Waals surface area contributed by atoms with Gasteiger partial charge in [-0.1, -0.05) is 0 Å². The second kappa shape index (κ2) is 11.3. The van der Waals surface area contributed by atoms with E-state index in [1.54, 1.807) is 4.57 Å². The van der Waals surface area contributed by atoms with Crippen molar-refractivity contribution in [3.05, 3.63) is 29.3 Å². The molecule has 2 aliphatic heterocycles. The molecule has 2 aliphatic rings. The first-order chi connectivity index (χ1) is 20.6. The highest BCUT2D eigenvalue weighted by Crippen LogP contribution is 2.49. The summed E-state index contributed by atoms with van der Waals surface area (Å²) < 4.78 is 39.7. The first kappa shape index (κ1) is 29.1. The van der Waals surface area contributed by atoms with Gasteiger partial charge in [0.2, 0.25) is 24.0 Å². The predicted molar refractivity (Wildman–Crippen MR) is 145 cm³/mol. The van der Waals surface area contributed by atoms with Crippen LogP contribution in [0.3, 0.4) is 0 Å². The smallest absolute Gasteiger partial charge is 0.414 e. The molecule has 22 heteroatoms. The minimum Gasteiger partial charge on any atom is -0.414 e. The summed E-state index contributed by atoms with van der Waals surface area (Å²) in [7, 11) is -6.19. The molecule has 0 amide bonds. The zero-order valence-electron chi connectivity index (χ0n) is 22.5. The highest BCUT2D eigenvalue weighted by atomic mass is 31.2. The molecule has 2 saturated heterocycles. The lowest BCUT2D eigenvalue weighted by molar-refractivity contribution is -0.499. The van der Waals surface area contributed by atoms with Gasteiger partial charge in [0, 0.05) is 12.8 Å². The van der Waals surface area contributed by atoms with Gasteiger partial charge in [-0.05, 0) is 0 Å². The lowest BCUT2D eigenvalue weighted by Crippen LogP contribution is -2.41. The number of anilines is 2. The van der Waals surface area contributed by atoms with Gasteiger partial charge in [-0.25, -0.2) is 24.8 Å². The molecule has 20 nitrogen and oxygen atoms in total. The topological polar surface area (TPSA) is 289 Å². The Morgan fingerprint density at radius 2 is 1.98 bits per heavy atom. The number of nitrogens with two attached hydrogens (primary N) is 2. The SMILES string of the molecule is N#C[BH2-][n+]1cn(C2CC(OP(=O)(O)OCC3OC(n4cnc5c(N)ncnc54)CC3O)C(CO)O2)c2nc(N)[nH]c(=O)c21. The van der Waals surface area contributed by atoms with Crippen LogP contribution in [0, 0.1) is 11.2 Å². The Hall–Kier alpha value is -4.00. The zero-order valence-corrected chi connectivity index (χ0v) is 23.4. The van der Waals surface area contributed by atoms with Crippen LogP contribution in [-0.4, -0.2) is 94.2 Å². The fraction of sp³-hybridized carbons (Fsp3) is 0.476. The molecular weight excluding hydrogens is 592 g/mol. The van der Waals surface area contributed by atoms with Crippen LogP contribution in [0.1, 0.15) is 25.3 Å². The number of imidazole rings is 2. The number of nitriles is 1. The van der Waals surface area contributed by atoms with Crippen molar-refractivity contribution >= 4 is 49.3 Å². The number of aliphatic hydroxyl groups is 2. The summed E-state index contributed by atoms with van der Waals surface area (Å²) in [6, 6.07) is 0. The minimum atomic E-state index is -4.76.